The molecule has 0 aromatic heterocycles. The van der Waals surface area contributed by atoms with E-state index >= 15 is 0 Å². The van der Waals surface area contributed by atoms with E-state index in [1.165, 1.54) is 54.4 Å². The van der Waals surface area contributed by atoms with Crippen molar-refractivity contribution in [3.63, 3.8) is 0 Å². The quantitative estimate of drug-likeness (QED) is 0.308. The topological polar surface area (TPSA) is 0 Å². The third-order valence-corrected chi connectivity index (χ3v) is 13.3. The zero-order valence-electron chi connectivity index (χ0n) is 21.8. The van der Waals surface area contributed by atoms with Crippen LogP contribution in [0.25, 0.3) is 22.8 Å². The molecule has 3 aliphatic carbocycles. The van der Waals surface area contributed by atoms with Crippen LogP contribution in [-0.2, 0) is 12.8 Å². The molecule has 3 unspecified atom stereocenters. The van der Waals surface area contributed by atoms with Gasteiger partial charge in [-0.2, -0.15) is 0 Å². The second-order valence-electron chi connectivity index (χ2n) is 11.6. The van der Waals surface area contributed by atoms with E-state index in [4.69, 9.17) is 0 Å². The first kappa shape index (κ1) is 25.6. The van der Waals surface area contributed by atoms with Gasteiger partial charge in [0.1, 0.15) is 0 Å². The van der Waals surface area contributed by atoms with Gasteiger partial charge in [0.15, 0.2) is 0 Å². The SMILES string of the molecule is CCCC(C)C1=CC([Si](C)(C)C2C=Cc3c2cc2c(c3-c3ccccc3)CCC2)c2ccccc21.[LiH]. The average molecular weight is 483 g/mol. The fourth-order valence-electron chi connectivity index (χ4n) is 7.32. The Bertz CT molecular complexity index is 1330. The van der Waals surface area contributed by atoms with Crippen LogP contribution in [0, 0.1) is 5.92 Å². The number of hydrogen-bond donors (Lipinski definition) is 0. The van der Waals surface area contributed by atoms with Crippen LogP contribution < -0.4 is 0 Å². The van der Waals surface area contributed by atoms with Crippen LogP contribution >= 0.6 is 0 Å². The second-order valence-corrected chi connectivity index (χ2v) is 16.5. The van der Waals surface area contributed by atoms with E-state index in [9.17, 15) is 0 Å². The van der Waals surface area contributed by atoms with Gasteiger partial charge < -0.3 is 0 Å². The molecule has 6 rings (SSSR count). The Hall–Kier alpha value is -2.05. The zero-order chi connectivity index (χ0) is 24.2. The first-order valence-corrected chi connectivity index (χ1v) is 16.9. The number of benzene rings is 3. The molecule has 0 nitrogen and oxygen atoms in total. The molecule has 180 valence electrons. The molecule has 3 aromatic rings. The van der Waals surface area contributed by atoms with Crippen molar-refractivity contribution < 1.29 is 0 Å². The maximum atomic E-state index is 2.70. The number of rotatable bonds is 6. The van der Waals surface area contributed by atoms with E-state index in [-0.39, 0.29) is 18.9 Å². The van der Waals surface area contributed by atoms with Crippen LogP contribution in [0.2, 0.25) is 13.1 Å². The standard InChI is InChI=1S/C34H38Si.Li.H/c1-5-12-23(2)30-22-33(28-17-10-9-16-27(28)30)35(3,4)32-20-19-29-31(32)21-25-15-11-18-26(25)34(29)24-13-7-6-8-14-24;;/h6-10,13-14,16-17,19-23,32-33H,5,11-12,15,18H2,1-4H3;;. The van der Waals surface area contributed by atoms with Gasteiger partial charge in [-0.1, -0.05) is 112 Å². The van der Waals surface area contributed by atoms with E-state index in [1.807, 2.05) is 0 Å². The summed E-state index contributed by atoms with van der Waals surface area (Å²) in [6.45, 7) is 10.1. The molecular weight excluding hydrogens is 443 g/mol. The minimum atomic E-state index is -1.77. The maximum absolute atomic E-state index is 2.70. The third kappa shape index (κ3) is 4.05. The molecule has 0 bridgehead atoms. The molecule has 36 heavy (non-hydrogen) atoms. The van der Waals surface area contributed by atoms with Gasteiger partial charge in [0.2, 0.25) is 0 Å². The molecule has 0 spiro atoms. The molecule has 3 atom stereocenters. The monoisotopic (exact) mass is 482 g/mol. The molecule has 0 amide bonds. The van der Waals surface area contributed by atoms with Crippen molar-refractivity contribution >= 4 is 38.6 Å². The van der Waals surface area contributed by atoms with Crippen LogP contribution in [0.1, 0.15) is 77.6 Å². The summed E-state index contributed by atoms with van der Waals surface area (Å²) in [5, 5.41) is 0. The molecule has 0 fully saturated rings. The molecular formula is C34H39LiSi. The normalized spacial score (nSPS) is 20.4. The second kappa shape index (κ2) is 10.0. The third-order valence-electron chi connectivity index (χ3n) is 9.13. The van der Waals surface area contributed by atoms with Crippen molar-refractivity contribution in [2.24, 2.45) is 5.92 Å². The summed E-state index contributed by atoms with van der Waals surface area (Å²) in [7, 11) is -1.77. The molecule has 0 radical (unpaired) electrons. The first-order chi connectivity index (χ1) is 17.0. The van der Waals surface area contributed by atoms with Crippen molar-refractivity contribution in [1.29, 1.82) is 0 Å². The first-order valence-electron chi connectivity index (χ1n) is 13.7. The van der Waals surface area contributed by atoms with E-state index in [2.05, 4.69) is 106 Å². The summed E-state index contributed by atoms with van der Waals surface area (Å²) in [5.41, 5.74) is 15.1. The van der Waals surface area contributed by atoms with Crippen LogP contribution in [0.4, 0.5) is 0 Å². The van der Waals surface area contributed by atoms with Crippen molar-refractivity contribution in [3.8, 4) is 11.1 Å². The van der Waals surface area contributed by atoms with Crippen LogP contribution in [0.3, 0.4) is 0 Å². The van der Waals surface area contributed by atoms with Crippen molar-refractivity contribution in [3.05, 3.63) is 106 Å². The van der Waals surface area contributed by atoms with Gasteiger partial charge in [-0.25, -0.2) is 0 Å². The Balaban J connectivity index is 0.00000267. The fraction of sp³-hybridized carbons (Fsp3) is 0.353. The van der Waals surface area contributed by atoms with E-state index in [1.54, 1.807) is 27.8 Å². The molecule has 0 heterocycles. The summed E-state index contributed by atoms with van der Waals surface area (Å²) < 4.78 is 0. The van der Waals surface area contributed by atoms with Gasteiger partial charge in [-0.3, -0.25) is 0 Å². The molecule has 3 aliphatic rings. The predicted octanol–water partition coefficient (Wildman–Crippen LogP) is 8.71. The number of allylic oxidation sites excluding steroid dienone is 3. The van der Waals surface area contributed by atoms with Crippen LogP contribution in [-0.4, -0.2) is 26.9 Å². The minimum absolute atomic E-state index is 0. The van der Waals surface area contributed by atoms with E-state index in [0.29, 0.717) is 17.0 Å². The number of fused-ring (bicyclic) bond motifs is 3. The fourth-order valence-corrected chi connectivity index (χ4v) is 11.0. The van der Waals surface area contributed by atoms with Gasteiger partial charge in [-0.05, 0) is 92.8 Å². The molecule has 0 aliphatic heterocycles. The van der Waals surface area contributed by atoms with Crippen molar-refractivity contribution in [1.82, 2.24) is 0 Å². The molecule has 2 heteroatoms. The Morgan fingerprint density at radius 1 is 0.917 bits per heavy atom. The Labute approximate surface area is 231 Å². The molecule has 0 saturated carbocycles. The van der Waals surface area contributed by atoms with Gasteiger partial charge in [0.05, 0.1) is 8.07 Å². The average Bonchev–Trinajstić information content (AvgIpc) is 3.60. The Kier molecular flexibility index (Phi) is 7.12. The van der Waals surface area contributed by atoms with Gasteiger partial charge in [0, 0.05) is 0 Å². The number of hydrogen-bond acceptors (Lipinski definition) is 0. The van der Waals surface area contributed by atoms with Crippen molar-refractivity contribution in [2.45, 2.75) is 70.1 Å². The summed E-state index contributed by atoms with van der Waals surface area (Å²) >= 11 is 0. The van der Waals surface area contributed by atoms with Gasteiger partial charge in [0.25, 0.3) is 0 Å². The molecule has 0 saturated heterocycles. The predicted molar refractivity (Wildman–Crippen MR) is 162 cm³/mol. The molecule has 0 N–H and O–H groups in total. The summed E-state index contributed by atoms with van der Waals surface area (Å²) in [5.74, 6) is 0.635. The van der Waals surface area contributed by atoms with Gasteiger partial charge >= 0.3 is 18.9 Å². The summed E-state index contributed by atoms with van der Waals surface area (Å²) in [4.78, 5) is 0. The molecule has 3 aromatic carbocycles. The van der Waals surface area contributed by atoms with E-state index in [0.717, 1.165) is 0 Å². The van der Waals surface area contributed by atoms with Crippen LogP contribution in [0.15, 0.2) is 72.8 Å². The Morgan fingerprint density at radius 3 is 2.44 bits per heavy atom. The van der Waals surface area contributed by atoms with Crippen LogP contribution in [0.5, 0.6) is 0 Å². The number of aryl methyl sites for hydroxylation is 1. The summed E-state index contributed by atoms with van der Waals surface area (Å²) in [6.07, 6.45) is 14.1. The summed E-state index contributed by atoms with van der Waals surface area (Å²) in [6, 6.07) is 23.1. The zero-order valence-corrected chi connectivity index (χ0v) is 22.8. The Morgan fingerprint density at radius 2 is 1.67 bits per heavy atom. The van der Waals surface area contributed by atoms with Crippen molar-refractivity contribution in [2.75, 3.05) is 0 Å². The van der Waals surface area contributed by atoms with Gasteiger partial charge in [-0.15, -0.1) is 0 Å². The van der Waals surface area contributed by atoms with E-state index < -0.39 is 8.07 Å².